The van der Waals surface area contributed by atoms with Crippen LogP contribution < -0.4 is 19.6 Å². The van der Waals surface area contributed by atoms with E-state index in [1.54, 1.807) is 23.3 Å². The van der Waals surface area contributed by atoms with Gasteiger partial charge in [-0.1, -0.05) is 95.7 Å². The van der Waals surface area contributed by atoms with Gasteiger partial charge in [0, 0.05) is 21.0 Å². The van der Waals surface area contributed by atoms with Crippen molar-refractivity contribution in [3.05, 3.63) is 156 Å². The Balaban J connectivity index is 1.48. The van der Waals surface area contributed by atoms with Gasteiger partial charge in [0.05, 0.1) is 28.5 Å². The normalized spacial score (nSPS) is 14.6. The van der Waals surface area contributed by atoms with Crippen LogP contribution in [0.3, 0.4) is 0 Å². The monoisotopic (exact) mass is 652 g/mol. The van der Waals surface area contributed by atoms with E-state index in [9.17, 15) is 9.59 Å². The van der Waals surface area contributed by atoms with Crippen LogP contribution in [0.4, 0.5) is 0 Å². The maximum Gasteiger partial charge on any atom is 0.338 e. The number of hydrogen-bond donors (Lipinski definition) is 0. The minimum atomic E-state index is -0.723. The molecule has 0 aliphatic carbocycles. The molecule has 1 aromatic heterocycles. The van der Waals surface area contributed by atoms with Crippen molar-refractivity contribution >= 4 is 52.4 Å². The minimum absolute atomic E-state index is 0.196. The molecule has 4 aromatic carbocycles. The fourth-order valence-electron chi connectivity index (χ4n) is 5.16. The molecule has 0 bridgehead atoms. The molecule has 2 heterocycles. The topological polar surface area (TPSA) is 69.9 Å². The van der Waals surface area contributed by atoms with Gasteiger partial charge in [-0.2, -0.15) is 0 Å². The van der Waals surface area contributed by atoms with Gasteiger partial charge in [-0.25, -0.2) is 9.79 Å². The van der Waals surface area contributed by atoms with Crippen LogP contribution in [0.2, 0.25) is 5.02 Å². The molecule has 6 nitrogen and oxygen atoms in total. The van der Waals surface area contributed by atoms with Crippen LogP contribution in [0, 0.1) is 0 Å². The number of halogens is 1. The number of carbonyl (C=O) groups excluding carboxylic acids is 1. The lowest BCUT2D eigenvalue weighted by Gasteiger charge is -2.26. The molecule has 0 unspecified atom stereocenters. The maximum atomic E-state index is 14.2. The highest BCUT2D eigenvalue weighted by Gasteiger charge is 2.35. The Morgan fingerprint density at radius 2 is 1.76 bits per heavy atom. The number of hydrogen-bond acceptors (Lipinski definition) is 7. The molecule has 0 saturated heterocycles. The zero-order valence-electron chi connectivity index (χ0n) is 24.6. The SMILES string of the molecule is CCOC(=O)C1=C(c2ccccc2)N=c2s/c(=C/c3cccc(OCc4ccccc4Cl)c3)c(=O)n2[C@H]1c1ccc(SC)cc1. The summed E-state index contributed by atoms with van der Waals surface area (Å²) in [5.74, 6) is 0.149. The largest absolute Gasteiger partial charge is 0.489 e. The highest BCUT2D eigenvalue weighted by Crippen LogP contribution is 2.35. The number of esters is 1. The van der Waals surface area contributed by atoms with Crippen molar-refractivity contribution in [2.75, 3.05) is 12.9 Å². The molecule has 1 atom stereocenters. The lowest BCUT2D eigenvalue weighted by Crippen LogP contribution is -2.40. The molecule has 0 N–H and O–H groups in total. The first kappa shape index (κ1) is 30.6. The number of aromatic nitrogens is 1. The first-order chi connectivity index (χ1) is 22.0. The number of benzene rings is 4. The third-order valence-electron chi connectivity index (χ3n) is 7.31. The molecule has 0 radical (unpaired) electrons. The summed E-state index contributed by atoms with van der Waals surface area (Å²) in [4.78, 5) is 34.3. The van der Waals surface area contributed by atoms with Gasteiger partial charge in [-0.15, -0.1) is 11.8 Å². The Bertz CT molecular complexity index is 2070. The molecule has 0 fully saturated rings. The van der Waals surface area contributed by atoms with Crippen LogP contribution in [0.5, 0.6) is 5.75 Å². The summed E-state index contributed by atoms with van der Waals surface area (Å²) >= 11 is 9.21. The Morgan fingerprint density at radius 1 is 1.00 bits per heavy atom. The molecule has 0 spiro atoms. The number of nitrogens with zero attached hydrogens (tertiary/aromatic N) is 2. The summed E-state index contributed by atoms with van der Waals surface area (Å²) in [5.41, 5.74) is 3.83. The van der Waals surface area contributed by atoms with E-state index in [1.165, 1.54) is 11.3 Å². The molecule has 0 amide bonds. The number of carbonyl (C=O) groups is 1. The summed E-state index contributed by atoms with van der Waals surface area (Å²) < 4.78 is 13.7. The second-order valence-electron chi connectivity index (χ2n) is 10.2. The Kier molecular flexibility index (Phi) is 9.35. The second kappa shape index (κ2) is 13.7. The zero-order valence-corrected chi connectivity index (χ0v) is 27.0. The maximum absolute atomic E-state index is 14.2. The molecule has 45 heavy (non-hydrogen) atoms. The van der Waals surface area contributed by atoms with Crippen molar-refractivity contribution in [2.45, 2.75) is 24.5 Å². The van der Waals surface area contributed by atoms with Gasteiger partial charge in [0.1, 0.15) is 12.4 Å². The highest BCUT2D eigenvalue weighted by atomic mass is 35.5. The molecule has 6 rings (SSSR count). The lowest BCUT2D eigenvalue weighted by atomic mass is 9.93. The molecule has 9 heteroatoms. The lowest BCUT2D eigenvalue weighted by molar-refractivity contribution is -0.138. The smallest absolute Gasteiger partial charge is 0.338 e. The molecule has 1 aliphatic rings. The second-order valence-corrected chi connectivity index (χ2v) is 12.5. The van der Waals surface area contributed by atoms with Gasteiger partial charge in [-0.05, 0) is 60.7 Å². The van der Waals surface area contributed by atoms with Crippen LogP contribution in [0.25, 0.3) is 11.8 Å². The first-order valence-electron chi connectivity index (χ1n) is 14.4. The summed E-state index contributed by atoms with van der Waals surface area (Å²) in [5, 5.41) is 0.643. The average molecular weight is 653 g/mol. The van der Waals surface area contributed by atoms with Crippen molar-refractivity contribution in [2.24, 2.45) is 4.99 Å². The van der Waals surface area contributed by atoms with Crippen molar-refractivity contribution < 1.29 is 14.3 Å². The van der Waals surface area contributed by atoms with Crippen molar-refractivity contribution in [3.8, 4) is 5.75 Å². The van der Waals surface area contributed by atoms with Gasteiger partial charge in [0.2, 0.25) is 0 Å². The fraction of sp³-hybridized carbons (Fsp3) is 0.139. The number of fused-ring (bicyclic) bond motifs is 1. The summed E-state index contributed by atoms with van der Waals surface area (Å²) in [6, 6.07) is 31.8. The molecular weight excluding hydrogens is 624 g/mol. The van der Waals surface area contributed by atoms with Crippen molar-refractivity contribution in [1.82, 2.24) is 4.57 Å². The average Bonchev–Trinajstić information content (AvgIpc) is 3.38. The van der Waals surface area contributed by atoms with E-state index in [2.05, 4.69) is 0 Å². The number of thioether (sulfide) groups is 1. The van der Waals surface area contributed by atoms with E-state index < -0.39 is 12.0 Å². The summed E-state index contributed by atoms with van der Waals surface area (Å²) in [7, 11) is 0. The van der Waals surface area contributed by atoms with Gasteiger partial charge >= 0.3 is 5.97 Å². The van der Waals surface area contributed by atoms with E-state index >= 15 is 0 Å². The highest BCUT2D eigenvalue weighted by molar-refractivity contribution is 7.98. The molecule has 1 aliphatic heterocycles. The van der Waals surface area contributed by atoms with E-state index in [0.29, 0.717) is 38.0 Å². The number of ether oxygens (including phenoxy) is 2. The Labute approximate surface area is 274 Å². The fourth-order valence-corrected chi connectivity index (χ4v) is 6.76. The van der Waals surface area contributed by atoms with Crippen LogP contribution in [0.1, 0.15) is 35.2 Å². The quantitative estimate of drug-likeness (QED) is 0.128. The Morgan fingerprint density at radius 3 is 2.49 bits per heavy atom. The third kappa shape index (κ3) is 6.54. The van der Waals surface area contributed by atoms with Crippen LogP contribution in [0.15, 0.2) is 123 Å². The van der Waals surface area contributed by atoms with Crippen LogP contribution >= 0.6 is 34.7 Å². The zero-order chi connectivity index (χ0) is 31.3. The van der Waals surface area contributed by atoms with Crippen LogP contribution in [-0.2, 0) is 16.1 Å². The van der Waals surface area contributed by atoms with E-state index in [0.717, 1.165) is 27.1 Å². The predicted octanol–water partition coefficient (Wildman–Crippen LogP) is 6.89. The summed E-state index contributed by atoms with van der Waals surface area (Å²) in [6.07, 6.45) is 3.84. The van der Waals surface area contributed by atoms with E-state index in [-0.39, 0.29) is 12.2 Å². The van der Waals surface area contributed by atoms with Gasteiger partial charge in [0.25, 0.3) is 5.56 Å². The first-order valence-corrected chi connectivity index (χ1v) is 16.8. The van der Waals surface area contributed by atoms with E-state index in [4.69, 9.17) is 26.1 Å². The van der Waals surface area contributed by atoms with Gasteiger partial charge in [-0.3, -0.25) is 9.36 Å². The van der Waals surface area contributed by atoms with Crippen molar-refractivity contribution in [1.29, 1.82) is 0 Å². The number of thiazole rings is 1. The number of rotatable bonds is 9. The third-order valence-corrected chi connectivity index (χ3v) is 9.41. The van der Waals surface area contributed by atoms with Gasteiger partial charge < -0.3 is 9.47 Å². The van der Waals surface area contributed by atoms with Gasteiger partial charge in [0.15, 0.2) is 4.80 Å². The molecule has 226 valence electrons. The molecule has 5 aromatic rings. The minimum Gasteiger partial charge on any atom is -0.489 e. The van der Waals surface area contributed by atoms with E-state index in [1.807, 2.05) is 115 Å². The standard InChI is InChI=1S/C36H29ClN2O4S2/c1-3-42-35(41)31-32(24-11-5-4-6-12-24)38-36-39(33(31)25-16-18-28(44-2)19-17-25)34(40)30(45-36)21-23-10-9-14-27(20-23)43-22-26-13-7-8-15-29(26)37/h4-21,33H,3,22H2,1-2H3/b30-21+/t33-/m0/s1. The molecular formula is C36H29ClN2O4S2. The molecule has 0 saturated carbocycles. The predicted molar refractivity (Wildman–Crippen MR) is 182 cm³/mol. The Hall–Kier alpha value is -4.37. The van der Waals surface area contributed by atoms with Crippen molar-refractivity contribution in [3.63, 3.8) is 0 Å². The van der Waals surface area contributed by atoms with Crippen LogP contribution in [-0.4, -0.2) is 23.4 Å². The summed E-state index contributed by atoms with van der Waals surface area (Å²) in [6.45, 7) is 2.28.